The minimum absolute atomic E-state index is 0.0987. The number of ether oxygens (including phenoxy) is 2. The number of methoxy groups -OCH3 is 1. The molecule has 0 radical (unpaired) electrons. The van der Waals surface area contributed by atoms with Crippen molar-refractivity contribution in [2.75, 3.05) is 13.7 Å². The smallest absolute Gasteiger partial charge is 0.404 e. The molecule has 0 spiro atoms. The maximum atomic E-state index is 11.0. The number of aliphatic hydroxyl groups excluding tert-OH is 1. The summed E-state index contributed by atoms with van der Waals surface area (Å²) in [5.74, 6) is 0.891. The second-order valence-corrected chi connectivity index (χ2v) is 7.19. The van der Waals surface area contributed by atoms with Gasteiger partial charge in [-0.05, 0) is 36.7 Å². The van der Waals surface area contributed by atoms with Gasteiger partial charge in [0.15, 0.2) is 0 Å². The number of carbonyl (C=O) groups is 1. The molecule has 0 aliphatic heterocycles. The van der Waals surface area contributed by atoms with Gasteiger partial charge in [0.05, 0.1) is 31.5 Å². The first-order valence-corrected chi connectivity index (χ1v) is 8.90. The highest BCUT2D eigenvalue weighted by atomic mass is 16.5. The molecule has 0 saturated heterocycles. The Hall–Kier alpha value is -1.63. The Labute approximate surface area is 148 Å². The number of rotatable bonds is 6. The molecule has 2 fully saturated rings. The summed E-state index contributed by atoms with van der Waals surface area (Å²) < 4.78 is 11.6. The van der Waals surface area contributed by atoms with E-state index in [4.69, 9.17) is 14.6 Å². The van der Waals surface area contributed by atoms with Gasteiger partial charge in [0, 0.05) is 13.0 Å². The van der Waals surface area contributed by atoms with Crippen LogP contribution in [0.15, 0.2) is 30.3 Å². The second-order valence-electron chi connectivity index (χ2n) is 7.19. The van der Waals surface area contributed by atoms with Crippen LogP contribution in [-0.4, -0.2) is 48.3 Å². The van der Waals surface area contributed by atoms with E-state index in [1.165, 1.54) is 0 Å². The third kappa shape index (κ3) is 4.32. The van der Waals surface area contributed by atoms with E-state index in [9.17, 15) is 9.90 Å². The molecule has 1 aromatic rings. The molecular weight excluding hydrogens is 322 g/mol. The van der Waals surface area contributed by atoms with Gasteiger partial charge in [-0.1, -0.05) is 30.3 Å². The molecule has 1 aromatic carbocycles. The average Bonchev–Trinajstić information content (AvgIpc) is 2.92. The lowest BCUT2D eigenvalue weighted by atomic mass is 9.74. The molecule has 0 aromatic heterocycles. The van der Waals surface area contributed by atoms with E-state index in [0.29, 0.717) is 37.9 Å². The van der Waals surface area contributed by atoms with Crippen molar-refractivity contribution in [3.63, 3.8) is 0 Å². The minimum Gasteiger partial charge on any atom is -0.465 e. The number of carboxylic acid groups (broad SMARTS) is 1. The second kappa shape index (κ2) is 8.17. The monoisotopic (exact) mass is 349 g/mol. The molecule has 6 atom stereocenters. The number of hydrogen-bond donors (Lipinski definition) is 3. The summed E-state index contributed by atoms with van der Waals surface area (Å²) in [7, 11) is 1.72. The first-order valence-electron chi connectivity index (χ1n) is 8.90. The van der Waals surface area contributed by atoms with Gasteiger partial charge in [0.2, 0.25) is 0 Å². The molecule has 138 valence electrons. The lowest BCUT2D eigenvalue weighted by Crippen LogP contribution is -2.49. The lowest BCUT2D eigenvalue weighted by Gasteiger charge is -2.37. The van der Waals surface area contributed by atoms with Crippen LogP contribution in [0.2, 0.25) is 0 Å². The van der Waals surface area contributed by atoms with Crippen molar-refractivity contribution in [2.24, 2.45) is 17.8 Å². The van der Waals surface area contributed by atoms with Crippen LogP contribution >= 0.6 is 0 Å². The van der Waals surface area contributed by atoms with E-state index in [0.717, 1.165) is 12.0 Å². The third-order valence-corrected chi connectivity index (χ3v) is 5.74. The summed E-state index contributed by atoms with van der Waals surface area (Å²) in [4.78, 5) is 11.0. The highest BCUT2D eigenvalue weighted by Gasteiger charge is 2.49. The fourth-order valence-electron chi connectivity index (χ4n) is 4.54. The Morgan fingerprint density at radius 1 is 1.24 bits per heavy atom. The van der Waals surface area contributed by atoms with Crippen LogP contribution in [-0.2, 0) is 16.1 Å². The van der Waals surface area contributed by atoms with Gasteiger partial charge in [-0.2, -0.15) is 0 Å². The van der Waals surface area contributed by atoms with Gasteiger partial charge in [0.25, 0.3) is 0 Å². The molecule has 6 nitrogen and oxygen atoms in total. The van der Waals surface area contributed by atoms with E-state index >= 15 is 0 Å². The molecular formula is C19H27NO5. The number of amides is 1. The Bertz CT molecular complexity index is 566. The Morgan fingerprint density at radius 3 is 2.68 bits per heavy atom. The first kappa shape index (κ1) is 18.2. The van der Waals surface area contributed by atoms with Crippen LogP contribution in [0.3, 0.4) is 0 Å². The molecule has 2 saturated carbocycles. The topological polar surface area (TPSA) is 88.0 Å². The van der Waals surface area contributed by atoms with Gasteiger partial charge >= 0.3 is 6.09 Å². The SMILES string of the molecule is CO[C@H]1C[C@H]2C[C@H](O)[C@@H](NC(=O)O)C[C@H]2[C@@H]1COCc1ccccc1. The van der Waals surface area contributed by atoms with E-state index in [2.05, 4.69) is 5.32 Å². The van der Waals surface area contributed by atoms with Crippen LogP contribution in [0.4, 0.5) is 4.79 Å². The predicted octanol–water partition coefficient (Wildman–Crippen LogP) is 2.26. The number of fused-ring (bicyclic) bond motifs is 1. The molecule has 3 N–H and O–H groups in total. The molecule has 0 heterocycles. The summed E-state index contributed by atoms with van der Waals surface area (Å²) in [6, 6.07) is 9.63. The molecule has 2 aliphatic rings. The third-order valence-electron chi connectivity index (χ3n) is 5.74. The van der Waals surface area contributed by atoms with Gasteiger partial charge in [-0.3, -0.25) is 0 Å². The highest BCUT2D eigenvalue weighted by Crippen LogP contribution is 2.47. The van der Waals surface area contributed by atoms with E-state index in [-0.39, 0.29) is 12.0 Å². The summed E-state index contributed by atoms with van der Waals surface area (Å²) in [6.07, 6.45) is 0.542. The van der Waals surface area contributed by atoms with Crippen molar-refractivity contribution in [1.82, 2.24) is 5.32 Å². The number of nitrogens with one attached hydrogen (secondary N) is 1. The van der Waals surface area contributed by atoms with E-state index in [1.807, 2.05) is 30.3 Å². The van der Waals surface area contributed by atoms with Gasteiger partial charge < -0.3 is 25.0 Å². The average molecular weight is 349 g/mol. The van der Waals surface area contributed by atoms with Crippen molar-refractivity contribution in [3.8, 4) is 0 Å². The zero-order valence-corrected chi connectivity index (χ0v) is 14.5. The van der Waals surface area contributed by atoms with E-state index < -0.39 is 18.2 Å². The summed E-state index contributed by atoms with van der Waals surface area (Å²) >= 11 is 0. The fourth-order valence-corrected chi connectivity index (χ4v) is 4.54. The summed E-state index contributed by atoms with van der Waals surface area (Å²) in [6.45, 7) is 1.15. The fraction of sp³-hybridized carbons (Fsp3) is 0.632. The standard InChI is InChI=1S/C19H27NO5/c1-24-18-8-13-7-17(21)16(20-19(22)23)9-14(13)15(18)11-25-10-12-5-3-2-4-6-12/h2-6,13-18,20-21H,7-11H2,1H3,(H,22,23)/t13-,14-,15+,16+,17+,18+/m1/s1. The summed E-state index contributed by atoms with van der Waals surface area (Å²) in [5.41, 5.74) is 1.13. The van der Waals surface area contributed by atoms with Crippen LogP contribution in [0.5, 0.6) is 0 Å². The van der Waals surface area contributed by atoms with Crippen LogP contribution < -0.4 is 5.32 Å². The van der Waals surface area contributed by atoms with Crippen molar-refractivity contribution in [2.45, 2.75) is 44.1 Å². The number of hydrogen-bond acceptors (Lipinski definition) is 4. The Kier molecular flexibility index (Phi) is 5.93. The minimum atomic E-state index is -1.08. The number of benzene rings is 1. The molecule has 2 aliphatic carbocycles. The van der Waals surface area contributed by atoms with Gasteiger partial charge in [-0.25, -0.2) is 4.79 Å². The largest absolute Gasteiger partial charge is 0.465 e. The molecule has 3 rings (SSSR count). The zero-order valence-electron chi connectivity index (χ0n) is 14.5. The quantitative estimate of drug-likeness (QED) is 0.733. The Balaban J connectivity index is 1.61. The molecule has 1 amide bonds. The van der Waals surface area contributed by atoms with Crippen molar-refractivity contribution < 1.29 is 24.5 Å². The normalized spacial score (nSPS) is 34.5. The maximum Gasteiger partial charge on any atom is 0.404 e. The Morgan fingerprint density at radius 2 is 2.00 bits per heavy atom. The van der Waals surface area contributed by atoms with Crippen LogP contribution in [0.1, 0.15) is 24.8 Å². The van der Waals surface area contributed by atoms with Crippen molar-refractivity contribution in [3.05, 3.63) is 35.9 Å². The van der Waals surface area contributed by atoms with Crippen LogP contribution in [0, 0.1) is 17.8 Å². The van der Waals surface area contributed by atoms with Crippen molar-refractivity contribution in [1.29, 1.82) is 0 Å². The maximum absolute atomic E-state index is 11.0. The molecule has 25 heavy (non-hydrogen) atoms. The zero-order chi connectivity index (χ0) is 17.8. The highest BCUT2D eigenvalue weighted by molar-refractivity contribution is 5.65. The molecule has 0 bridgehead atoms. The summed E-state index contributed by atoms with van der Waals surface area (Å²) in [5, 5.41) is 21.7. The van der Waals surface area contributed by atoms with Crippen LogP contribution in [0.25, 0.3) is 0 Å². The van der Waals surface area contributed by atoms with Crippen molar-refractivity contribution >= 4 is 6.09 Å². The van der Waals surface area contributed by atoms with Gasteiger partial charge in [0.1, 0.15) is 0 Å². The molecule has 0 unspecified atom stereocenters. The van der Waals surface area contributed by atoms with E-state index in [1.54, 1.807) is 7.11 Å². The number of aliphatic hydroxyl groups is 1. The first-order chi connectivity index (χ1) is 12.1. The molecule has 6 heteroatoms. The lowest BCUT2D eigenvalue weighted by molar-refractivity contribution is -0.0138. The predicted molar refractivity (Wildman–Crippen MR) is 92.2 cm³/mol. The van der Waals surface area contributed by atoms with Gasteiger partial charge in [-0.15, -0.1) is 0 Å².